The molecule has 1 aliphatic rings. The molecule has 0 amide bonds. The summed E-state index contributed by atoms with van der Waals surface area (Å²) in [7, 11) is 1.80. The van der Waals surface area contributed by atoms with Crippen LogP contribution in [0.1, 0.15) is 44.6 Å². The van der Waals surface area contributed by atoms with Crippen LogP contribution in [0.3, 0.4) is 0 Å². The van der Waals surface area contributed by atoms with Gasteiger partial charge in [-0.3, -0.25) is 4.99 Å². The van der Waals surface area contributed by atoms with Crippen LogP contribution in [0.2, 0.25) is 0 Å². The average Bonchev–Trinajstić information content (AvgIpc) is 2.77. The topological polar surface area (TPSA) is 64.1 Å². The quantitative estimate of drug-likeness (QED) is 0.299. The molecule has 2 rings (SSSR count). The van der Waals surface area contributed by atoms with E-state index >= 15 is 0 Å². The largest absolute Gasteiger partial charge is 0.494 e. The van der Waals surface area contributed by atoms with Crippen molar-refractivity contribution in [3.8, 4) is 5.75 Å². The molecule has 1 aliphatic heterocycles. The van der Waals surface area contributed by atoms with Gasteiger partial charge in [0.2, 0.25) is 0 Å². The molecule has 1 fully saturated rings. The zero-order chi connectivity index (χ0) is 20.6. The standard InChI is InChI=1S/C23H39N3O3/c1-3-4-16-29-22-8-6-20(7-9-22)10-14-26-23(24-2)25-13-5-15-28-19-21-11-17-27-18-12-21/h6-9,21H,3-5,10-19H2,1-2H3,(H2,24,25,26). The zero-order valence-electron chi connectivity index (χ0n) is 18.3. The van der Waals surface area contributed by atoms with E-state index in [2.05, 4.69) is 46.8 Å². The van der Waals surface area contributed by atoms with Crippen molar-refractivity contribution >= 4 is 5.96 Å². The average molecular weight is 406 g/mol. The Morgan fingerprint density at radius 2 is 1.83 bits per heavy atom. The lowest BCUT2D eigenvalue weighted by Gasteiger charge is -2.21. The molecule has 0 saturated carbocycles. The van der Waals surface area contributed by atoms with Crippen molar-refractivity contribution in [1.82, 2.24) is 10.6 Å². The summed E-state index contributed by atoms with van der Waals surface area (Å²) in [6.45, 7) is 8.08. The molecule has 0 aliphatic carbocycles. The summed E-state index contributed by atoms with van der Waals surface area (Å²) < 4.78 is 16.9. The van der Waals surface area contributed by atoms with Crippen LogP contribution >= 0.6 is 0 Å². The van der Waals surface area contributed by atoms with E-state index in [1.807, 2.05) is 0 Å². The van der Waals surface area contributed by atoms with E-state index in [1.54, 1.807) is 7.05 Å². The van der Waals surface area contributed by atoms with Crippen molar-refractivity contribution in [2.24, 2.45) is 10.9 Å². The number of guanidine groups is 1. The van der Waals surface area contributed by atoms with Crippen molar-refractivity contribution in [2.75, 3.05) is 53.2 Å². The first-order valence-electron chi connectivity index (χ1n) is 11.1. The van der Waals surface area contributed by atoms with Crippen molar-refractivity contribution in [3.05, 3.63) is 29.8 Å². The van der Waals surface area contributed by atoms with Gasteiger partial charge in [0, 0.05) is 46.6 Å². The van der Waals surface area contributed by atoms with Crippen LogP contribution < -0.4 is 15.4 Å². The minimum absolute atomic E-state index is 0.670. The molecule has 0 bridgehead atoms. The Morgan fingerprint density at radius 1 is 1.07 bits per heavy atom. The molecular weight excluding hydrogens is 366 g/mol. The molecule has 6 nitrogen and oxygen atoms in total. The molecule has 0 spiro atoms. The molecule has 0 radical (unpaired) electrons. The van der Waals surface area contributed by atoms with Gasteiger partial charge in [-0.15, -0.1) is 0 Å². The van der Waals surface area contributed by atoms with E-state index in [9.17, 15) is 0 Å². The Labute approximate surface area is 176 Å². The van der Waals surface area contributed by atoms with Crippen molar-refractivity contribution in [3.63, 3.8) is 0 Å². The maximum Gasteiger partial charge on any atom is 0.190 e. The normalized spacial score (nSPS) is 15.3. The van der Waals surface area contributed by atoms with Crippen molar-refractivity contribution in [1.29, 1.82) is 0 Å². The summed E-state index contributed by atoms with van der Waals surface area (Å²) in [5.74, 6) is 2.46. The third-order valence-electron chi connectivity index (χ3n) is 5.07. The van der Waals surface area contributed by atoms with Gasteiger partial charge in [0.05, 0.1) is 6.61 Å². The van der Waals surface area contributed by atoms with Gasteiger partial charge in [-0.2, -0.15) is 0 Å². The van der Waals surface area contributed by atoms with E-state index < -0.39 is 0 Å². The van der Waals surface area contributed by atoms with Crippen LogP contribution in [0.25, 0.3) is 0 Å². The molecule has 0 unspecified atom stereocenters. The summed E-state index contributed by atoms with van der Waals surface area (Å²) in [4.78, 5) is 4.29. The maximum atomic E-state index is 5.80. The zero-order valence-corrected chi connectivity index (χ0v) is 18.3. The molecule has 1 aromatic carbocycles. The summed E-state index contributed by atoms with van der Waals surface area (Å²) in [6.07, 6.45) is 6.43. The summed E-state index contributed by atoms with van der Waals surface area (Å²) in [5, 5.41) is 6.72. The number of nitrogens with zero attached hydrogens (tertiary/aromatic N) is 1. The van der Waals surface area contributed by atoms with Crippen LogP contribution in [0, 0.1) is 5.92 Å². The maximum absolute atomic E-state index is 5.80. The van der Waals surface area contributed by atoms with Crippen molar-refractivity contribution < 1.29 is 14.2 Å². The molecule has 0 aromatic heterocycles. The van der Waals surface area contributed by atoms with Gasteiger partial charge in [-0.1, -0.05) is 25.5 Å². The van der Waals surface area contributed by atoms with E-state index in [1.165, 1.54) is 5.56 Å². The van der Waals surface area contributed by atoms with E-state index in [0.717, 1.165) is 96.4 Å². The number of aliphatic imine (C=N–C) groups is 1. The van der Waals surface area contributed by atoms with E-state index in [0.29, 0.717) is 5.92 Å². The first-order chi connectivity index (χ1) is 14.3. The molecule has 0 atom stereocenters. The second-order valence-electron chi connectivity index (χ2n) is 7.51. The number of hydrogen-bond donors (Lipinski definition) is 2. The number of ether oxygens (including phenoxy) is 3. The van der Waals surface area contributed by atoms with Crippen molar-refractivity contribution in [2.45, 2.75) is 45.4 Å². The van der Waals surface area contributed by atoms with Crippen LogP contribution in [0.4, 0.5) is 0 Å². The third kappa shape index (κ3) is 10.5. The number of rotatable bonds is 13. The van der Waals surface area contributed by atoms with Crippen LogP contribution in [-0.2, 0) is 15.9 Å². The van der Waals surface area contributed by atoms with Crippen LogP contribution in [0.5, 0.6) is 5.75 Å². The Kier molecular flexibility index (Phi) is 12.2. The second kappa shape index (κ2) is 15.1. The lowest BCUT2D eigenvalue weighted by Crippen LogP contribution is -2.39. The molecular formula is C23H39N3O3. The molecule has 164 valence electrons. The van der Waals surface area contributed by atoms with Gasteiger partial charge >= 0.3 is 0 Å². The molecule has 2 N–H and O–H groups in total. The fourth-order valence-corrected chi connectivity index (χ4v) is 3.18. The second-order valence-corrected chi connectivity index (χ2v) is 7.51. The highest BCUT2D eigenvalue weighted by atomic mass is 16.5. The number of nitrogens with one attached hydrogen (secondary N) is 2. The number of hydrogen-bond acceptors (Lipinski definition) is 4. The fourth-order valence-electron chi connectivity index (χ4n) is 3.18. The van der Waals surface area contributed by atoms with E-state index in [-0.39, 0.29) is 0 Å². The number of unbranched alkanes of at least 4 members (excludes halogenated alkanes) is 1. The lowest BCUT2D eigenvalue weighted by atomic mass is 10.0. The highest BCUT2D eigenvalue weighted by molar-refractivity contribution is 5.79. The monoisotopic (exact) mass is 405 g/mol. The Balaban J connectivity index is 1.51. The van der Waals surface area contributed by atoms with Gasteiger partial charge in [0.1, 0.15) is 5.75 Å². The summed E-state index contributed by atoms with van der Waals surface area (Å²) in [6, 6.07) is 8.38. The Morgan fingerprint density at radius 3 is 2.55 bits per heavy atom. The van der Waals surface area contributed by atoms with E-state index in [4.69, 9.17) is 14.2 Å². The Hall–Kier alpha value is -1.79. The highest BCUT2D eigenvalue weighted by Gasteiger charge is 2.13. The minimum atomic E-state index is 0.670. The summed E-state index contributed by atoms with van der Waals surface area (Å²) >= 11 is 0. The minimum Gasteiger partial charge on any atom is -0.494 e. The predicted octanol–water partition coefficient (Wildman–Crippen LogP) is 3.41. The van der Waals surface area contributed by atoms with Crippen LogP contribution in [0.15, 0.2) is 29.3 Å². The van der Waals surface area contributed by atoms with Gasteiger partial charge in [0.25, 0.3) is 0 Å². The molecule has 1 heterocycles. The smallest absolute Gasteiger partial charge is 0.190 e. The van der Waals surface area contributed by atoms with Gasteiger partial charge in [-0.05, 0) is 55.7 Å². The highest BCUT2D eigenvalue weighted by Crippen LogP contribution is 2.15. The van der Waals surface area contributed by atoms with Gasteiger partial charge < -0.3 is 24.8 Å². The van der Waals surface area contributed by atoms with Gasteiger partial charge in [0.15, 0.2) is 5.96 Å². The third-order valence-corrected chi connectivity index (χ3v) is 5.07. The molecule has 29 heavy (non-hydrogen) atoms. The SMILES string of the molecule is CCCCOc1ccc(CCNC(=NC)NCCCOCC2CCOCC2)cc1. The fraction of sp³-hybridized carbons (Fsp3) is 0.696. The van der Waals surface area contributed by atoms with Gasteiger partial charge in [-0.25, -0.2) is 0 Å². The molecule has 6 heteroatoms. The molecule has 1 aromatic rings. The van der Waals surface area contributed by atoms with Crippen LogP contribution in [-0.4, -0.2) is 59.1 Å². The molecule has 1 saturated heterocycles. The Bertz CT molecular complexity index is 557. The first-order valence-corrected chi connectivity index (χ1v) is 11.1. The first kappa shape index (κ1) is 23.5. The number of benzene rings is 1. The summed E-state index contributed by atoms with van der Waals surface area (Å²) in [5.41, 5.74) is 1.29. The lowest BCUT2D eigenvalue weighted by molar-refractivity contribution is 0.0203. The predicted molar refractivity (Wildman–Crippen MR) is 119 cm³/mol.